The first kappa shape index (κ1) is 12.3. The molecule has 2 rings (SSSR count). The van der Waals surface area contributed by atoms with Crippen LogP contribution in [0.15, 0.2) is 30.3 Å². The standard InChI is InChI=1S/C15H20O2/c1-17-15(10-6-3-7-11-15)14(16)12-13-8-4-2-5-9-13/h2,4-5,8-9H,3,6-7,10-12H2,1H3. The van der Waals surface area contributed by atoms with E-state index in [1.807, 2.05) is 30.3 Å². The fourth-order valence-electron chi connectivity index (χ4n) is 2.66. The summed E-state index contributed by atoms with van der Waals surface area (Å²) in [5.74, 6) is 0.242. The van der Waals surface area contributed by atoms with Crippen molar-refractivity contribution in [3.8, 4) is 0 Å². The van der Waals surface area contributed by atoms with Crippen LogP contribution in [0.5, 0.6) is 0 Å². The monoisotopic (exact) mass is 232 g/mol. The van der Waals surface area contributed by atoms with E-state index in [9.17, 15) is 4.79 Å². The van der Waals surface area contributed by atoms with Crippen molar-refractivity contribution in [1.82, 2.24) is 0 Å². The number of hydrogen-bond acceptors (Lipinski definition) is 2. The minimum absolute atomic E-state index is 0.242. The first-order valence-electron chi connectivity index (χ1n) is 6.39. The average Bonchev–Trinajstić information content (AvgIpc) is 2.40. The summed E-state index contributed by atoms with van der Waals surface area (Å²) in [6.07, 6.45) is 5.70. The fraction of sp³-hybridized carbons (Fsp3) is 0.533. The molecule has 0 spiro atoms. The van der Waals surface area contributed by atoms with Crippen LogP contribution in [-0.4, -0.2) is 18.5 Å². The number of Topliss-reactive ketones (excluding diaryl/α,β-unsaturated/α-hetero) is 1. The summed E-state index contributed by atoms with van der Waals surface area (Å²) >= 11 is 0. The van der Waals surface area contributed by atoms with Crippen LogP contribution in [0.1, 0.15) is 37.7 Å². The maximum atomic E-state index is 12.4. The third-order valence-corrected chi connectivity index (χ3v) is 3.77. The zero-order valence-electron chi connectivity index (χ0n) is 10.4. The Labute approximate surface area is 103 Å². The van der Waals surface area contributed by atoms with Crippen LogP contribution < -0.4 is 0 Å². The molecular formula is C15H20O2. The minimum Gasteiger partial charge on any atom is -0.370 e. The summed E-state index contributed by atoms with van der Waals surface area (Å²) in [7, 11) is 1.67. The second-order valence-corrected chi connectivity index (χ2v) is 4.84. The number of rotatable bonds is 4. The highest BCUT2D eigenvalue weighted by atomic mass is 16.5. The number of benzene rings is 1. The second kappa shape index (κ2) is 5.46. The smallest absolute Gasteiger partial charge is 0.168 e. The van der Waals surface area contributed by atoms with Gasteiger partial charge in [0.05, 0.1) is 0 Å². The topological polar surface area (TPSA) is 26.3 Å². The van der Waals surface area contributed by atoms with E-state index < -0.39 is 5.60 Å². The maximum absolute atomic E-state index is 12.4. The number of carbonyl (C=O) groups is 1. The van der Waals surface area contributed by atoms with Crippen LogP contribution in [0.25, 0.3) is 0 Å². The van der Waals surface area contributed by atoms with E-state index in [-0.39, 0.29) is 5.78 Å². The molecule has 0 bridgehead atoms. The maximum Gasteiger partial charge on any atom is 0.168 e. The molecule has 0 radical (unpaired) electrons. The van der Waals surface area contributed by atoms with E-state index in [4.69, 9.17) is 4.74 Å². The lowest BCUT2D eigenvalue weighted by atomic mass is 9.79. The summed E-state index contributed by atoms with van der Waals surface area (Å²) in [6, 6.07) is 9.93. The van der Waals surface area contributed by atoms with Gasteiger partial charge in [0.15, 0.2) is 5.78 Å². The molecule has 1 fully saturated rings. The molecule has 1 aromatic rings. The van der Waals surface area contributed by atoms with Crippen LogP contribution >= 0.6 is 0 Å². The fourth-order valence-corrected chi connectivity index (χ4v) is 2.66. The quantitative estimate of drug-likeness (QED) is 0.797. The van der Waals surface area contributed by atoms with Crippen molar-refractivity contribution in [3.05, 3.63) is 35.9 Å². The number of methoxy groups -OCH3 is 1. The predicted molar refractivity (Wildman–Crippen MR) is 68.0 cm³/mol. The number of ketones is 1. The van der Waals surface area contributed by atoms with Gasteiger partial charge in [0.2, 0.25) is 0 Å². The van der Waals surface area contributed by atoms with E-state index in [1.54, 1.807) is 7.11 Å². The summed E-state index contributed by atoms with van der Waals surface area (Å²) in [5.41, 5.74) is 0.577. The van der Waals surface area contributed by atoms with Crippen molar-refractivity contribution in [2.24, 2.45) is 0 Å². The molecule has 0 saturated heterocycles. The molecule has 0 heterocycles. The average molecular weight is 232 g/mol. The van der Waals surface area contributed by atoms with E-state index in [0.29, 0.717) is 6.42 Å². The molecular weight excluding hydrogens is 212 g/mol. The van der Waals surface area contributed by atoms with Crippen molar-refractivity contribution < 1.29 is 9.53 Å². The SMILES string of the molecule is COC1(C(=O)Cc2ccccc2)CCCCC1. The van der Waals surface area contributed by atoms with Gasteiger partial charge in [-0.05, 0) is 18.4 Å². The number of carbonyl (C=O) groups excluding carboxylic acids is 1. The lowest BCUT2D eigenvalue weighted by Crippen LogP contribution is -2.43. The highest BCUT2D eigenvalue weighted by Gasteiger charge is 2.38. The molecule has 2 nitrogen and oxygen atoms in total. The Kier molecular flexibility index (Phi) is 3.95. The van der Waals surface area contributed by atoms with Gasteiger partial charge in [-0.1, -0.05) is 49.6 Å². The molecule has 17 heavy (non-hydrogen) atoms. The first-order chi connectivity index (χ1) is 8.27. The Morgan fingerprint density at radius 1 is 1.18 bits per heavy atom. The Balaban J connectivity index is 2.07. The largest absolute Gasteiger partial charge is 0.370 e. The predicted octanol–water partition coefficient (Wildman–Crippen LogP) is 3.15. The summed E-state index contributed by atoms with van der Waals surface area (Å²) in [4.78, 5) is 12.4. The van der Waals surface area contributed by atoms with Crippen LogP contribution in [0.4, 0.5) is 0 Å². The van der Waals surface area contributed by atoms with Gasteiger partial charge in [-0.2, -0.15) is 0 Å². The molecule has 0 aromatic heterocycles. The van der Waals surface area contributed by atoms with Crippen LogP contribution in [0.2, 0.25) is 0 Å². The zero-order chi connectivity index (χ0) is 12.1. The van der Waals surface area contributed by atoms with Crippen molar-refractivity contribution in [3.63, 3.8) is 0 Å². The van der Waals surface area contributed by atoms with Gasteiger partial charge < -0.3 is 4.74 Å². The van der Waals surface area contributed by atoms with Crippen LogP contribution in [-0.2, 0) is 16.0 Å². The third-order valence-electron chi connectivity index (χ3n) is 3.77. The highest BCUT2D eigenvalue weighted by Crippen LogP contribution is 2.32. The molecule has 2 heteroatoms. The molecule has 0 atom stereocenters. The van der Waals surface area contributed by atoms with Gasteiger partial charge in [0, 0.05) is 13.5 Å². The van der Waals surface area contributed by atoms with Crippen LogP contribution in [0.3, 0.4) is 0 Å². The molecule has 0 amide bonds. The molecule has 0 N–H and O–H groups in total. The Hall–Kier alpha value is -1.15. The molecule has 92 valence electrons. The van der Waals surface area contributed by atoms with Crippen molar-refractivity contribution in [1.29, 1.82) is 0 Å². The lowest BCUT2D eigenvalue weighted by Gasteiger charge is -2.34. The highest BCUT2D eigenvalue weighted by molar-refractivity contribution is 5.89. The molecule has 1 aromatic carbocycles. The minimum atomic E-state index is -0.506. The van der Waals surface area contributed by atoms with Crippen molar-refractivity contribution in [2.75, 3.05) is 7.11 Å². The van der Waals surface area contributed by atoms with E-state index in [0.717, 1.165) is 31.2 Å². The van der Waals surface area contributed by atoms with Crippen molar-refractivity contribution >= 4 is 5.78 Å². The van der Waals surface area contributed by atoms with Gasteiger partial charge in [-0.3, -0.25) is 4.79 Å². The van der Waals surface area contributed by atoms with Gasteiger partial charge in [-0.25, -0.2) is 0 Å². The Bertz CT molecular complexity index is 364. The second-order valence-electron chi connectivity index (χ2n) is 4.84. The molecule has 1 saturated carbocycles. The van der Waals surface area contributed by atoms with E-state index in [1.165, 1.54) is 6.42 Å². The molecule has 1 aliphatic rings. The van der Waals surface area contributed by atoms with Gasteiger partial charge in [-0.15, -0.1) is 0 Å². The van der Waals surface area contributed by atoms with E-state index in [2.05, 4.69) is 0 Å². The lowest BCUT2D eigenvalue weighted by molar-refractivity contribution is -0.144. The Morgan fingerprint density at radius 3 is 2.41 bits per heavy atom. The number of hydrogen-bond donors (Lipinski definition) is 0. The normalized spacial score (nSPS) is 18.9. The molecule has 1 aliphatic carbocycles. The molecule has 0 aliphatic heterocycles. The van der Waals surface area contributed by atoms with Gasteiger partial charge in [0.1, 0.15) is 5.60 Å². The van der Waals surface area contributed by atoms with Crippen LogP contribution in [0, 0.1) is 0 Å². The third kappa shape index (κ3) is 2.75. The summed E-state index contributed by atoms with van der Waals surface area (Å²) in [5, 5.41) is 0. The first-order valence-corrected chi connectivity index (χ1v) is 6.39. The molecule has 0 unspecified atom stereocenters. The summed E-state index contributed by atoms with van der Waals surface area (Å²) < 4.78 is 5.56. The van der Waals surface area contributed by atoms with Gasteiger partial charge in [0.25, 0.3) is 0 Å². The summed E-state index contributed by atoms with van der Waals surface area (Å²) in [6.45, 7) is 0. The van der Waals surface area contributed by atoms with Crippen molar-refractivity contribution in [2.45, 2.75) is 44.1 Å². The zero-order valence-corrected chi connectivity index (χ0v) is 10.4. The Morgan fingerprint density at radius 2 is 1.82 bits per heavy atom. The number of ether oxygens (including phenoxy) is 1. The van der Waals surface area contributed by atoms with Gasteiger partial charge >= 0.3 is 0 Å². The van der Waals surface area contributed by atoms with E-state index >= 15 is 0 Å².